The van der Waals surface area contributed by atoms with Gasteiger partial charge in [-0.05, 0) is 12.0 Å². The summed E-state index contributed by atoms with van der Waals surface area (Å²) in [5.74, 6) is 0. The second kappa shape index (κ2) is 9.80. The Balaban J connectivity index is 2.12. The summed E-state index contributed by atoms with van der Waals surface area (Å²) in [6.07, 6.45) is -5.21. The molecular weight excluding hydrogens is 402 g/mol. The molecular formula is C15H20NO9S2-. The van der Waals surface area contributed by atoms with E-state index in [-0.39, 0.29) is 11.5 Å². The Morgan fingerprint density at radius 1 is 1.19 bits per heavy atom. The van der Waals surface area contributed by atoms with Crippen molar-refractivity contribution in [3.8, 4) is 0 Å². The third-order valence-corrected chi connectivity index (χ3v) is 5.23. The molecule has 2 rings (SSSR count). The topological polar surface area (TPSA) is 169 Å². The predicted molar refractivity (Wildman–Crippen MR) is 94.3 cm³/mol. The fourth-order valence-electron chi connectivity index (χ4n) is 2.41. The number of benzene rings is 1. The number of aliphatic hydroxyl groups is 4. The summed E-state index contributed by atoms with van der Waals surface area (Å²) in [6, 6.07) is 9.13. The van der Waals surface area contributed by atoms with Gasteiger partial charge in [0.1, 0.15) is 34.9 Å². The van der Waals surface area contributed by atoms with E-state index in [9.17, 15) is 33.4 Å². The van der Waals surface area contributed by atoms with Gasteiger partial charge >= 0.3 is 0 Å². The summed E-state index contributed by atoms with van der Waals surface area (Å²) in [6.45, 7) is -0.607. The monoisotopic (exact) mass is 422 g/mol. The van der Waals surface area contributed by atoms with E-state index in [4.69, 9.17) is 4.74 Å². The molecule has 10 nitrogen and oxygen atoms in total. The third-order valence-electron chi connectivity index (χ3n) is 3.80. The minimum atomic E-state index is -5.07. The standard InChI is InChI=1S/C15H21NO9S2/c17-8-10-12(18)13(19)14(20)15(24-10)26-11(16-25-27(21,22)23)7-6-9-4-2-1-3-5-9/h1-5,10,12-15,17-20H,6-8H2,(H,21,22,23)/p-1. The van der Waals surface area contributed by atoms with Gasteiger partial charge in [0.15, 0.2) is 0 Å². The number of oxime groups is 1. The Bertz CT molecular complexity index is 726. The first-order valence-electron chi connectivity index (χ1n) is 7.93. The third kappa shape index (κ3) is 6.69. The van der Waals surface area contributed by atoms with E-state index >= 15 is 0 Å². The van der Waals surface area contributed by atoms with Crippen molar-refractivity contribution < 1.29 is 42.4 Å². The Kier molecular flexibility index (Phi) is 8.00. The van der Waals surface area contributed by atoms with Crippen LogP contribution in [0.3, 0.4) is 0 Å². The summed E-state index contributed by atoms with van der Waals surface area (Å²) in [7, 11) is -5.07. The lowest BCUT2D eigenvalue weighted by Gasteiger charge is -2.39. The molecule has 0 aromatic heterocycles. The zero-order valence-electron chi connectivity index (χ0n) is 14.0. The Labute approximate surface area is 160 Å². The van der Waals surface area contributed by atoms with Crippen LogP contribution in [0.1, 0.15) is 12.0 Å². The summed E-state index contributed by atoms with van der Waals surface area (Å²) in [5, 5.41) is 42.2. The molecule has 12 heteroatoms. The molecule has 0 saturated carbocycles. The summed E-state index contributed by atoms with van der Waals surface area (Å²) in [4.78, 5) is 0. The highest BCUT2D eigenvalue weighted by Gasteiger charge is 2.44. The van der Waals surface area contributed by atoms with Crippen LogP contribution >= 0.6 is 11.8 Å². The van der Waals surface area contributed by atoms with E-state index in [2.05, 4.69) is 9.44 Å². The number of thioether (sulfide) groups is 1. The first-order valence-corrected chi connectivity index (χ1v) is 10.1. The molecule has 1 heterocycles. The van der Waals surface area contributed by atoms with Crippen molar-refractivity contribution in [2.45, 2.75) is 42.7 Å². The van der Waals surface area contributed by atoms with Crippen LogP contribution in [0.15, 0.2) is 35.5 Å². The molecule has 1 aromatic rings. The van der Waals surface area contributed by atoms with Crippen molar-refractivity contribution in [1.29, 1.82) is 0 Å². The minimum Gasteiger partial charge on any atom is -0.714 e. The van der Waals surface area contributed by atoms with Crippen molar-refractivity contribution >= 4 is 27.2 Å². The van der Waals surface area contributed by atoms with E-state index in [1.54, 1.807) is 0 Å². The lowest BCUT2D eigenvalue weighted by molar-refractivity contribution is -0.205. The minimum absolute atomic E-state index is 0.0163. The van der Waals surface area contributed by atoms with Gasteiger partial charge in [-0.3, -0.25) is 4.28 Å². The van der Waals surface area contributed by atoms with E-state index in [1.165, 1.54) is 0 Å². The van der Waals surface area contributed by atoms with E-state index in [1.807, 2.05) is 30.3 Å². The molecule has 27 heavy (non-hydrogen) atoms. The quantitative estimate of drug-likeness (QED) is 0.140. The smallest absolute Gasteiger partial charge is 0.284 e. The number of hydrogen-bond acceptors (Lipinski definition) is 11. The molecule has 1 aliphatic rings. The normalized spacial score (nSPS) is 29.5. The van der Waals surface area contributed by atoms with Crippen LogP contribution in [0.5, 0.6) is 0 Å². The molecule has 4 N–H and O–H groups in total. The predicted octanol–water partition coefficient (Wildman–Crippen LogP) is -1.06. The van der Waals surface area contributed by atoms with Gasteiger partial charge < -0.3 is 29.7 Å². The van der Waals surface area contributed by atoms with Crippen LogP contribution in [0.2, 0.25) is 0 Å². The molecule has 0 aliphatic carbocycles. The van der Waals surface area contributed by atoms with Crippen LogP contribution in [-0.4, -0.2) is 74.9 Å². The summed E-state index contributed by atoms with van der Waals surface area (Å²) >= 11 is 0.726. The number of aryl methyl sites for hydroxylation is 1. The van der Waals surface area contributed by atoms with Crippen molar-refractivity contribution in [2.24, 2.45) is 5.16 Å². The molecule has 1 fully saturated rings. The zero-order chi connectivity index (χ0) is 20.0. The average molecular weight is 422 g/mol. The maximum absolute atomic E-state index is 10.7. The highest BCUT2D eigenvalue weighted by atomic mass is 32.3. The Hall–Kier alpha value is -1.25. The fraction of sp³-hybridized carbons (Fsp3) is 0.533. The van der Waals surface area contributed by atoms with Gasteiger partial charge in [0.2, 0.25) is 0 Å². The van der Waals surface area contributed by atoms with E-state index in [0.717, 1.165) is 17.3 Å². The van der Waals surface area contributed by atoms with E-state index in [0.29, 0.717) is 6.42 Å². The zero-order valence-corrected chi connectivity index (χ0v) is 15.6. The SMILES string of the molecule is O=S(=O)([O-])ON=C(CCc1ccccc1)SC1OC(CO)C(O)C(O)C1O. The number of nitrogens with zero attached hydrogens (tertiary/aromatic N) is 1. The van der Waals surface area contributed by atoms with Crippen molar-refractivity contribution in [3.63, 3.8) is 0 Å². The van der Waals surface area contributed by atoms with Crippen LogP contribution < -0.4 is 0 Å². The van der Waals surface area contributed by atoms with Gasteiger partial charge in [0.25, 0.3) is 10.4 Å². The molecule has 152 valence electrons. The first-order chi connectivity index (χ1) is 12.7. The summed E-state index contributed by atoms with van der Waals surface area (Å²) < 4.78 is 41.3. The molecule has 5 atom stereocenters. The van der Waals surface area contributed by atoms with Crippen LogP contribution in [0, 0.1) is 0 Å². The van der Waals surface area contributed by atoms with E-state index < -0.39 is 46.9 Å². The van der Waals surface area contributed by atoms with Crippen molar-refractivity contribution in [2.75, 3.05) is 6.61 Å². The van der Waals surface area contributed by atoms with Crippen LogP contribution in [-0.2, 0) is 25.8 Å². The molecule has 0 bridgehead atoms. The Morgan fingerprint density at radius 3 is 2.44 bits per heavy atom. The van der Waals surface area contributed by atoms with Crippen LogP contribution in [0.25, 0.3) is 0 Å². The van der Waals surface area contributed by atoms with Crippen LogP contribution in [0.4, 0.5) is 0 Å². The molecule has 1 aliphatic heterocycles. The first kappa shape index (κ1) is 22.0. The number of hydrogen-bond donors (Lipinski definition) is 4. The van der Waals surface area contributed by atoms with Gasteiger partial charge in [0.05, 0.1) is 6.61 Å². The van der Waals surface area contributed by atoms with Gasteiger partial charge in [-0.15, -0.1) is 0 Å². The van der Waals surface area contributed by atoms with Gasteiger partial charge in [-0.2, -0.15) is 8.42 Å². The number of aliphatic hydroxyl groups excluding tert-OH is 4. The maximum atomic E-state index is 10.7. The molecule has 0 radical (unpaired) electrons. The lowest BCUT2D eigenvalue weighted by Crippen LogP contribution is -2.57. The molecule has 1 aromatic carbocycles. The van der Waals surface area contributed by atoms with Crippen molar-refractivity contribution in [1.82, 2.24) is 0 Å². The molecule has 0 amide bonds. The van der Waals surface area contributed by atoms with Crippen molar-refractivity contribution in [3.05, 3.63) is 35.9 Å². The van der Waals surface area contributed by atoms with Gasteiger partial charge in [-0.1, -0.05) is 47.2 Å². The number of rotatable bonds is 7. The molecule has 0 spiro atoms. The largest absolute Gasteiger partial charge is 0.714 e. The molecule has 1 saturated heterocycles. The second-order valence-electron chi connectivity index (χ2n) is 5.77. The fourth-order valence-corrected chi connectivity index (χ4v) is 3.70. The molecule has 5 unspecified atom stereocenters. The van der Waals surface area contributed by atoms with Gasteiger partial charge in [0, 0.05) is 6.42 Å². The maximum Gasteiger partial charge on any atom is 0.284 e. The lowest BCUT2D eigenvalue weighted by atomic mass is 10.0. The average Bonchev–Trinajstić information content (AvgIpc) is 2.64. The van der Waals surface area contributed by atoms with Gasteiger partial charge in [-0.25, -0.2) is 0 Å². The highest BCUT2D eigenvalue weighted by molar-refractivity contribution is 8.14. The second-order valence-corrected chi connectivity index (χ2v) is 7.91. The summed E-state index contributed by atoms with van der Waals surface area (Å²) in [5.41, 5.74) is -0.266. The Morgan fingerprint density at radius 2 is 1.85 bits per heavy atom. The number of ether oxygens (including phenoxy) is 1. The highest BCUT2D eigenvalue weighted by Crippen LogP contribution is 2.30.